The molecule has 0 saturated carbocycles. The van der Waals surface area contributed by atoms with Crippen LogP contribution in [0.1, 0.15) is 22.5 Å². The van der Waals surface area contributed by atoms with E-state index in [1.165, 1.54) is 42.6 Å². The summed E-state index contributed by atoms with van der Waals surface area (Å²) in [5, 5.41) is 4.07. The van der Waals surface area contributed by atoms with Crippen molar-refractivity contribution in [2.45, 2.75) is 12.6 Å². The molecule has 0 aliphatic heterocycles. The van der Waals surface area contributed by atoms with Crippen molar-refractivity contribution in [1.29, 1.82) is 0 Å². The molecule has 0 fully saturated rings. The molecule has 25 heavy (non-hydrogen) atoms. The number of ketones is 1. The first kappa shape index (κ1) is 18.6. The normalized spacial score (nSPS) is 11.9. The van der Waals surface area contributed by atoms with Crippen LogP contribution < -0.4 is 5.43 Å². The second-order valence-electron chi connectivity index (χ2n) is 4.82. The minimum Gasteiger partial charge on any atom is -0.289 e. The summed E-state index contributed by atoms with van der Waals surface area (Å²) in [4.78, 5) is 27.1. The molecule has 5 nitrogen and oxygen atoms in total. The van der Waals surface area contributed by atoms with E-state index in [0.29, 0.717) is 5.02 Å². The molecule has 0 radical (unpaired) electrons. The molecule has 0 aliphatic rings. The molecule has 0 spiro atoms. The third-order valence-corrected chi connectivity index (χ3v) is 3.26. The summed E-state index contributed by atoms with van der Waals surface area (Å²) in [6.07, 6.45) is -4.71. The molecule has 2 rings (SSSR count). The number of alkyl halides is 3. The summed E-state index contributed by atoms with van der Waals surface area (Å²) in [7, 11) is 0. The van der Waals surface area contributed by atoms with Crippen LogP contribution in [0.4, 0.5) is 13.2 Å². The number of benzene rings is 1. The number of carbonyl (C=O) groups is 2. The van der Waals surface area contributed by atoms with Crippen molar-refractivity contribution < 1.29 is 22.8 Å². The number of pyridine rings is 1. The molecule has 1 amide bonds. The maximum absolute atomic E-state index is 12.5. The van der Waals surface area contributed by atoms with Crippen molar-refractivity contribution in [2.24, 2.45) is 5.10 Å². The fourth-order valence-electron chi connectivity index (χ4n) is 1.76. The average Bonchev–Trinajstić information content (AvgIpc) is 2.58. The molecule has 1 aromatic carbocycles. The smallest absolute Gasteiger partial charge is 0.289 e. The molecule has 0 aliphatic carbocycles. The minimum absolute atomic E-state index is 0.0523. The third-order valence-electron chi connectivity index (χ3n) is 3.00. The monoisotopic (exact) mass is 369 g/mol. The summed E-state index contributed by atoms with van der Waals surface area (Å²) in [6, 6.07) is 10.3. The number of hydrogen-bond acceptors (Lipinski definition) is 4. The molecule has 1 aromatic heterocycles. The van der Waals surface area contributed by atoms with E-state index >= 15 is 0 Å². The van der Waals surface area contributed by atoms with Gasteiger partial charge in [0.05, 0.1) is 17.8 Å². The average molecular weight is 370 g/mol. The van der Waals surface area contributed by atoms with Crippen molar-refractivity contribution in [3.05, 3.63) is 64.9 Å². The number of Topliss-reactive ketones (excluding diaryl/α,β-unsaturated/α-hetero) is 1. The van der Waals surface area contributed by atoms with Crippen LogP contribution >= 0.6 is 11.6 Å². The Hall–Kier alpha value is -2.74. The van der Waals surface area contributed by atoms with Crippen LogP contribution in [0.15, 0.2) is 53.8 Å². The second kappa shape index (κ2) is 7.89. The zero-order valence-electron chi connectivity index (χ0n) is 12.5. The molecule has 1 N–H and O–H groups in total. The molecular weight excluding hydrogens is 359 g/mol. The maximum atomic E-state index is 12.5. The fraction of sp³-hybridized carbons (Fsp3) is 0.125. The van der Waals surface area contributed by atoms with E-state index in [1.807, 2.05) is 0 Å². The quantitative estimate of drug-likeness (QED) is 0.648. The number of nitrogens with zero attached hydrogens (tertiary/aromatic N) is 2. The van der Waals surface area contributed by atoms with Gasteiger partial charge in [0, 0.05) is 16.8 Å². The van der Waals surface area contributed by atoms with Crippen molar-refractivity contribution in [3.63, 3.8) is 0 Å². The Kier molecular flexibility index (Phi) is 5.87. The van der Waals surface area contributed by atoms with Crippen LogP contribution in [-0.2, 0) is 4.79 Å². The number of hydrogen-bond donors (Lipinski definition) is 1. The van der Waals surface area contributed by atoms with Gasteiger partial charge in [-0.25, -0.2) is 5.43 Å². The van der Waals surface area contributed by atoms with Gasteiger partial charge < -0.3 is 0 Å². The lowest BCUT2D eigenvalue weighted by Gasteiger charge is -2.08. The molecule has 0 saturated heterocycles. The number of aromatic nitrogens is 1. The first-order valence-corrected chi connectivity index (χ1v) is 7.29. The molecule has 0 atom stereocenters. The Morgan fingerprint density at radius 3 is 2.36 bits per heavy atom. The summed E-state index contributed by atoms with van der Waals surface area (Å²) in [6.45, 7) is 0. The SMILES string of the molecule is O=C(N/N=C(\CC(=O)C(F)(F)F)c1ccccn1)c1ccc(Cl)cc1. The molecule has 1 heterocycles. The Balaban J connectivity index is 2.22. The van der Waals surface area contributed by atoms with Crippen molar-refractivity contribution in [3.8, 4) is 0 Å². The first-order chi connectivity index (χ1) is 11.8. The number of carbonyl (C=O) groups excluding carboxylic acids is 2. The lowest BCUT2D eigenvalue weighted by atomic mass is 10.1. The fourth-order valence-corrected chi connectivity index (χ4v) is 1.88. The number of hydrazone groups is 1. The lowest BCUT2D eigenvalue weighted by molar-refractivity contribution is -0.169. The molecule has 130 valence electrons. The Morgan fingerprint density at radius 2 is 1.80 bits per heavy atom. The topological polar surface area (TPSA) is 71.4 Å². The zero-order valence-corrected chi connectivity index (χ0v) is 13.3. The van der Waals surface area contributed by atoms with E-state index in [9.17, 15) is 22.8 Å². The Labute approximate surface area is 145 Å². The van der Waals surface area contributed by atoms with Crippen molar-refractivity contribution in [1.82, 2.24) is 10.4 Å². The summed E-state index contributed by atoms with van der Waals surface area (Å²) >= 11 is 5.71. The van der Waals surface area contributed by atoms with E-state index in [-0.39, 0.29) is 17.0 Å². The van der Waals surface area contributed by atoms with E-state index < -0.39 is 24.3 Å². The highest BCUT2D eigenvalue weighted by molar-refractivity contribution is 6.30. The first-order valence-electron chi connectivity index (χ1n) is 6.91. The van der Waals surface area contributed by atoms with Gasteiger partial charge in [-0.3, -0.25) is 14.6 Å². The van der Waals surface area contributed by atoms with Gasteiger partial charge in [-0.1, -0.05) is 17.7 Å². The van der Waals surface area contributed by atoms with Crippen LogP contribution in [0.5, 0.6) is 0 Å². The number of halogens is 4. The largest absolute Gasteiger partial charge is 0.450 e. The lowest BCUT2D eigenvalue weighted by Crippen LogP contribution is -2.28. The van der Waals surface area contributed by atoms with Gasteiger partial charge in [-0.05, 0) is 36.4 Å². The molecule has 2 aromatic rings. The van der Waals surface area contributed by atoms with Gasteiger partial charge in [0.2, 0.25) is 5.78 Å². The van der Waals surface area contributed by atoms with Gasteiger partial charge in [-0.2, -0.15) is 18.3 Å². The minimum atomic E-state index is -5.00. The number of rotatable bonds is 5. The molecule has 0 unspecified atom stereocenters. The Morgan fingerprint density at radius 1 is 1.12 bits per heavy atom. The summed E-state index contributed by atoms with van der Waals surface area (Å²) in [5.74, 6) is -2.65. The second-order valence-corrected chi connectivity index (χ2v) is 5.26. The molecule has 0 bridgehead atoms. The van der Waals surface area contributed by atoms with E-state index in [2.05, 4.69) is 15.5 Å². The number of nitrogens with one attached hydrogen (secondary N) is 1. The van der Waals surface area contributed by atoms with Gasteiger partial charge in [0.15, 0.2) is 0 Å². The van der Waals surface area contributed by atoms with Gasteiger partial charge >= 0.3 is 6.18 Å². The van der Waals surface area contributed by atoms with Crippen molar-refractivity contribution in [2.75, 3.05) is 0 Å². The highest BCUT2D eigenvalue weighted by Gasteiger charge is 2.39. The van der Waals surface area contributed by atoms with Crippen molar-refractivity contribution >= 4 is 29.0 Å². The van der Waals surface area contributed by atoms with Gasteiger partial charge in [0.25, 0.3) is 5.91 Å². The number of amides is 1. The van der Waals surface area contributed by atoms with Crippen LogP contribution in [0.25, 0.3) is 0 Å². The van der Waals surface area contributed by atoms with Crippen LogP contribution in [0.2, 0.25) is 5.02 Å². The van der Waals surface area contributed by atoms with E-state index in [1.54, 1.807) is 6.07 Å². The predicted octanol–water partition coefficient (Wildman–Crippen LogP) is 3.39. The third kappa shape index (κ3) is 5.39. The summed E-state index contributed by atoms with van der Waals surface area (Å²) < 4.78 is 37.5. The van der Waals surface area contributed by atoms with Gasteiger partial charge in [-0.15, -0.1) is 0 Å². The van der Waals surface area contributed by atoms with Crippen LogP contribution in [-0.4, -0.2) is 28.6 Å². The molecule has 9 heteroatoms. The van der Waals surface area contributed by atoms with Crippen LogP contribution in [0, 0.1) is 0 Å². The zero-order chi connectivity index (χ0) is 18.4. The van der Waals surface area contributed by atoms with E-state index in [4.69, 9.17) is 11.6 Å². The Bertz CT molecular complexity index is 791. The standard InChI is InChI=1S/C16H11ClF3N3O2/c17-11-6-4-10(5-7-11)15(25)23-22-13(9-14(24)16(18,19)20)12-3-1-2-8-21-12/h1-8H,9H2,(H,23,25)/b22-13+. The highest BCUT2D eigenvalue weighted by atomic mass is 35.5. The molecular formula is C16H11ClF3N3O2. The summed E-state index contributed by atoms with van der Waals surface area (Å²) in [5.41, 5.74) is 2.08. The maximum Gasteiger partial charge on any atom is 0.450 e. The van der Waals surface area contributed by atoms with Crippen LogP contribution in [0.3, 0.4) is 0 Å². The van der Waals surface area contributed by atoms with E-state index in [0.717, 1.165) is 0 Å². The van der Waals surface area contributed by atoms with Gasteiger partial charge in [0.1, 0.15) is 0 Å². The highest BCUT2D eigenvalue weighted by Crippen LogP contribution is 2.19. The predicted molar refractivity (Wildman–Crippen MR) is 85.4 cm³/mol.